The van der Waals surface area contributed by atoms with E-state index >= 15 is 0 Å². The largest absolute Gasteiger partial charge is 0.432 e. The van der Waals surface area contributed by atoms with Gasteiger partial charge >= 0.3 is 6.61 Å². The molecule has 1 aromatic rings. The Morgan fingerprint density at radius 2 is 1.85 bits per heavy atom. The molecule has 1 aromatic carbocycles. The molecule has 1 nitrogen and oxygen atoms in total. The van der Waals surface area contributed by atoms with E-state index in [1.54, 1.807) is 13.0 Å². The van der Waals surface area contributed by atoms with E-state index in [-0.39, 0.29) is 0 Å². The van der Waals surface area contributed by atoms with Crippen LogP contribution in [0.4, 0.5) is 13.2 Å². The molecule has 0 aliphatic carbocycles. The molecule has 0 saturated heterocycles. The van der Waals surface area contributed by atoms with Gasteiger partial charge in [0.1, 0.15) is 0 Å². The van der Waals surface area contributed by atoms with Crippen molar-refractivity contribution >= 4 is 0 Å². The SMILES string of the molecule is Cc1cc(C)c(F)c(OC(F)F)c1. The van der Waals surface area contributed by atoms with Crippen molar-refractivity contribution in [2.45, 2.75) is 20.5 Å². The molecule has 0 aromatic heterocycles. The summed E-state index contributed by atoms with van der Waals surface area (Å²) in [6.07, 6.45) is 0. The van der Waals surface area contributed by atoms with Crippen LogP contribution in [0.3, 0.4) is 0 Å². The molecule has 1 rings (SSSR count). The third kappa shape index (κ3) is 2.37. The predicted molar refractivity (Wildman–Crippen MR) is 42.5 cm³/mol. The summed E-state index contributed by atoms with van der Waals surface area (Å²) in [7, 11) is 0. The summed E-state index contributed by atoms with van der Waals surface area (Å²) < 4.78 is 40.6. The Morgan fingerprint density at radius 3 is 2.38 bits per heavy atom. The molecular weight excluding hydrogens is 181 g/mol. The molecule has 0 aliphatic heterocycles. The summed E-state index contributed by atoms with van der Waals surface area (Å²) in [6, 6.07) is 2.81. The van der Waals surface area contributed by atoms with Gasteiger partial charge in [0.2, 0.25) is 0 Å². The number of alkyl halides is 2. The standard InChI is InChI=1S/C9H9F3O/c1-5-3-6(2)8(10)7(4-5)13-9(11)12/h3-4,9H,1-2H3. The maximum absolute atomic E-state index is 13.1. The quantitative estimate of drug-likeness (QED) is 0.696. The lowest BCUT2D eigenvalue weighted by atomic mass is 10.1. The van der Waals surface area contributed by atoms with Gasteiger partial charge < -0.3 is 4.74 Å². The van der Waals surface area contributed by atoms with Crippen LogP contribution in [0.2, 0.25) is 0 Å². The third-order valence-electron chi connectivity index (χ3n) is 1.58. The first-order chi connectivity index (χ1) is 6.00. The summed E-state index contributed by atoms with van der Waals surface area (Å²) in [5.74, 6) is -1.13. The Morgan fingerprint density at radius 1 is 1.23 bits per heavy atom. The van der Waals surface area contributed by atoms with Crippen LogP contribution in [0.1, 0.15) is 11.1 Å². The molecular formula is C9H9F3O. The van der Waals surface area contributed by atoms with Crippen LogP contribution in [-0.2, 0) is 0 Å². The minimum absolute atomic E-state index is 0.302. The second-order valence-corrected chi connectivity index (χ2v) is 2.77. The molecule has 0 radical (unpaired) electrons. The summed E-state index contributed by atoms with van der Waals surface area (Å²) in [5.41, 5.74) is 0.991. The molecule has 0 N–H and O–H groups in total. The molecule has 4 heteroatoms. The number of hydrogen-bond donors (Lipinski definition) is 0. The number of hydrogen-bond acceptors (Lipinski definition) is 1. The van der Waals surface area contributed by atoms with Crippen LogP contribution in [0.5, 0.6) is 5.75 Å². The number of rotatable bonds is 2. The first kappa shape index (κ1) is 9.89. The smallest absolute Gasteiger partial charge is 0.387 e. The van der Waals surface area contributed by atoms with Crippen molar-refractivity contribution < 1.29 is 17.9 Å². The minimum atomic E-state index is -2.99. The molecule has 0 amide bonds. The van der Waals surface area contributed by atoms with Crippen LogP contribution < -0.4 is 4.74 Å². The van der Waals surface area contributed by atoms with Gasteiger partial charge in [0.05, 0.1) is 0 Å². The van der Waals surface area contributed by atoms with Gasteiger partial charge in [-0.2, -0.15) is 8.78 Å². The van der Waals surface area contributed by atoms with E-state index in [0.29, 0.717) is 11.1 Å². The molecule has 0 spiro atoms. The van der Waals surface area contributed by atoms with E-state index in [4.69, 9.17) is 0 Å². The van der Waals surface area contributed by atoms with Gasteiger partial charge in [-0.25, -0.2) is 4.39 Å². The zero-order valence-corrected chi connectivity index (χ0v) is 7.27. The van der Waals surface area contributed by atoms with Gasteiger partial charge in [-0.3, -0.25) is 0 Å². The average molecular weight is 190 g/mol. The number of ether oxygens (including phenoxy) is 1. The van der Waals surface area contributed by atoms with Gasteiger partial charge in [0.25, 0.3) is 0 Å². The van der Waals surface area contributed by atoms with Crippen LogP contribution in [0.25, 0.3) is 0 Å². The second kappa shape index (κ2) is 3.68. The van der Waals surface area contributed by atoms with Gasteiger partial charge in [0.15, 0.2) is 11.6 Å². The molecule has 0 bridgehead atoms. The third-order valence-corrected chi connectivity index (χ3v) is 1.58. The summed E-state index contributed by atoms with van der Waals surface area (Å²) >= 11 is 0. The summed E-state index contributed by atoms with van der Waals surface area (Å²) in [6.45, 7) is 0.196. The Labute approximate surface area is 74.1 Å². The van der Waals surface area contributed by atoms with E-state index < -0.39 is 18.2 Å². The van der Waals surface area contributed by atoms with Crippen LogP contribution in [-0.4, -0.2) is 6.61 Å². The molecule has 13 heavy (non-hydrogen) atoms. The second-order valence-electron chi connectivity index (χ2n) is 2.77. The lowest BCUT2D eigenvalue weighted by Crippen LogP contribution is -2.04. The highest BCUT2D eigenvalue weighted by atomic mass is 19.3. The van der Waals surface area contributed by atoms with E-state index in [1.807, 2.05) is 0 Å². The summed E-state index contributed by atoms with van der Waals surface area (Å²) in [5, 5.41) is 0. The molecule has 0 saturated carbocycles. The number of halogens is 3. The predicted octanol–water partition coefficient (Wildman–Crippen LogP) is 3.04. The van der Waals surface area contributed by atoms with Crippen LogP contribution >= 0.6 is 0 Å². The van der Waals surface area contributed by atoms with Crippen molar-refractivity contribution in [2.24, 2.45) is 0 Å². The Kier molecular flexibility index (Phi) is 2.80. The van der Waals surface area contributed by atoms with Crippen molar-refractivity contribution in [1.29, 1.82) is 0 Å². The normalized spacial score (nSPS) is 10.6. The Balaban J connectivity index is 3.05. The molecule has 0 aliphatic rings. The van der Waals surface area contributed by atoms with Gasteiger partial charge in [0, 0.05) is 0 Å². The highest BCUT2D eigenvalue weighted by molar-refractivity contribution is 5.35. The first-order valence-corrected chi connectivity index (χ1v) is 3.72. The van der Waals surface area contributed by atoms with E-state index in [2.05, 4.69) is 4.74 Å². The average Bonchev–Trinajstić information content (AvgIpc) is 1.98. The van der Waals surface area contributed by atoms with E-state index in [0.717, 1.165) is 0 Å². The molecule has 0 unspecified atom stereocenters. The van der Waals surface area contributed by atoms with Crippen molar-refractivity contribution in [3.63, 3.8) is 0 Å². The number of aryl methyl sites for hydroxylation is 2. The highest BCUT2D eigenvalue weighted by Crippen LogP contribution is 2.23. The Bertz CT molecular complexity index is 310. The van der Waals surface area contributed by atoms with Crippen LogP contribution in [0.15, 0.2) is 12.1 Å². The fourth-order valence-corrected chi connectivity index (χ4v) is 1.09. The molecule has 0 fully saturated rings. The van der Waals surface area contributed by atoms with Gasteiger partial charge in [-0.05, 0) is 31.0 Å². The van der Waals surface area contributed by atoms with Gasteiger partial charge in [-0.1, -0.05) is 6.07 Å². The monoisotopic (exact) mass is 190 g/mol. The summed E-state index contributed by atoms with van der Waals surface area (Å²) in [4.78, 5) is 0. The maximum atomic E-state index is 13.1. The minimum Gasteiger partial charge on any atom is -0.432 e. The first-order valence-electron chi connectivity index (χ1n) is 3.72. The van der Waals surface area contributed by atoms with Crippen molar-refractivity contribution in [3.8, 4) is 5.75 Å². The van der Waals surface area contributed by atoms with E-state index in [1.165, 1.54) is 13.0 Å². The lowest BCUT2D eigenvalue weighted by Gasteiger charge is -2.08. The maximum Gasteiger partial charge on any atom is 0.387 e. The zero-order valence-electron chi connectivity index (χ0n) is 7.27. The topological polar surface area (TPSA) is 9.23 Å². The fourth-order valence-electron chi connectivity index (χ4n) is 1.09. The van der Waals surface area contributed by atoms with Gasteiger partial charge in [-0.15, -0.1) is 0 Å². The van der Waals surface area contributed by atoms with Crippen LogP contribution in [0, 0.1) is 19.7 Å². The van der Waals surface area contributed by atoms with E-state index in [9.17, 15) is 13.2 Å². The molecule has 0 atom stereocenters. The molecule has 0 heterocycles. The fraction of sp³-hybridized carbons (Fsp3) is 0.333. The molecule has 72 valence electrons. The highest BCUT2D eigenvalue weighted by Gasteiger charge is 2.11. The lowest BCUT2D eigenvalue weighted by molar-refractivity contribution is -0.0522. The van der Waals surface area contributed by atoms with Crippen molar-refractivity contribution in [3.05, 3.63) is 29.1 Å². The zero-order chi connectivity index (χ0) is 10.0. The van der Waals surface area contributed by atoms with Crippen molar-refractivity contribution in [2.75, 3.05) is 0 Å². The number of benzene rings is 1. The Hall–Kier alpha value is -1.19. The van der Waals surface area contributed by atoms with Crippen molar-refractivity contribution in [1.82, 2.24) is 0 Å².